The third-order valence-electron chi connectivity index (χ3n) is 2.47. The first-order valence-corrected chi connectivity index (χ1v) is 8.01. The molecule has 1 aromatic carbocycles. The van der Waals surface area contributed by atoms with Crippen LogP contribution < -0.4 is 10.2 Å². The van der Waals surface area contributed by atoms with Crippen molar-refractivity contribution in [1.29, 1.82) is 0 Å². The second kappa shape index (κ2) is 7.59. The number of nitrogens with one attached hydrogen (secondary N) is 1. The molecule has 1 heterocycles. The summed E-state index contributed by atoms with van der Waals surface area (Å²) in [4.78, 5) is 12.7. The number of hydrogen-bond acceptors (Lipinski definition) is 4. The topological polar surface area (TPSA) is 50.7 Å². The van der Waals surface area contributed by atoms with Gasteiger partial charge in [0.2, 0.25) is 0 Å². The number of hydrogen-bond donors (Lipinski definition) is 1. The second-order valence-electron chi connectivity index (χ2n) is 4.06. The predicted molar refractivity (Wildman–Crippen MR) is 89.3 cm³/mol. The molecule has 7 heteroatoms. The molecular formula is C14H12BrClN2O2S. The van der Waals surface area contributed by atoms with Crippen molar-refractivity contribution in [2.45, 2.75) is 6.92 Å². The average Bonchev–Trinajstić information content (AvgIpc) is 2.90. The fraction of sp³-hybridized carbons (Fsp3) is 0.143. The summed E-state index contributed by atoms with van der Waals surface area (Å²) < 4.78 is 6.34. The zero-order valence-electron chi connectivity index (χ0n) is 11.1. The third-order valence-corrected chi connectivity index (χ3v) is 4.52. The van der Waals surface area contributed by atoms with Gasteiger partial charge in [0.05, 0.1) is 19.4 Å². The van der Waals surface area contributed by atoms with E-state index in [1.165, 1.54) is 0 Å². The van der Waals surface area contributed by atoms with Crippen LogP contribution in [0.3, 0.4) is 0 Å². The van der Waals surface area contributed by atoms with Crippen LogP contribution in [0.5, 0.6) is 5.75 Å². The molecule has 0 fully saturated rings. The van der Waals surface area contributed by atoms with E-state index in [4.69, 9.17) is 16.3 Å². The lowest BCUT2D eigenvalue weighted by Gasteiger charge is -2.06. The number of hydrazone groups is 1. The molecule has 0 spiro atoms. The van der Waals surface area contributed by atoms with Crippen molar-refractivity contribution in [2.24, 2.45) is 5.10 Å². The number of carbonyl (C=O) groups is 1. The Morgan fingerprint density at radius 3 is 2.81 bits per heavy atom. The second-order valence-corrected chi connectivity index (χ2v) is 6.93. The molecule has 21 heavy (non-hydrogen) atoms. The number of para-hydroxylation sites is 1. The molecule has 1 aromatic heterocycles. The van der Waals surface area contributed by atoms with Gasteiger partial charge in [-0.3, -0.25) is 4.79 Å². The highest BCUT2D eigenvalue weighted by atomic mass is 79.9. The van der Waals surface area contributed by atoms with Gasteiger partial charge in [-0.15, -0.1) is 11.3 Å². The summed E-state index contributed by atoms with van der Waals surface area (Å²) in [5.74, 6) is 0.127. The molecule has 0 unspecified atom stereocenters. The van der Waals surface area contributed by atoms with Crippen LogP contribution >= 0.6 is 38.9 Å². The van der Waals surface area contributed by atoms with E-state index in [1.807, 2.05) is 19.1 Å². The van der Waals surface area contributed by atoms with Crippen LogP contribution in [-0.4, -0.2) is 18.2 Å². The quantitative estimate of drug-likeness (QED) is 0.621. The normalized spacial score (nSPS) is 11.3. The molecule has 0 atom stereocenters. The van der Waals surface area contributed by atoms with E-state index in [2.05, 4.69) is 26.5 Å². The summed E-state index contributed by atoms with van der Waals surface area (Å²) >= 11 is 10.9. The van der Waals surface area contributed by atoms with Crippen LogP contribution in [0.1, 0.15) is 11.8 Å². The molecule has 2 rings (SSSR count). The number of nitrogens with zero attached hydrogens (tertiary/aromatic N) is 1. The maximum Gasteiger partial charge on any atom is 0.277 e. The van der Waals surface area contributed by atoms with Crippen molar-refractivity contribution in [3.05, 3.63) is 50.1 Å². The molecule has 0 saturated heterocycles. The molecule has 4 nitrogen and oxygen atoms in total. The zero-order chi connectivity index (χ0) is 15.2. The van der Waals surface area contributed by atoms with Crippen LogP contribution in [0.15, 0.2) is 45.3 Å². The molecule has 0 aliphatic rings. The molecular weight excluding hydrogens is 376 g/mol. The molecule has 1 amide bonds. The molecule has 0 saturated carbocycles. The van der Waals surface area contributed by atoms with Crippen molar-refractivity contribution < 1.29 is 9.53 Å². The SMILES string of the molecule is C/C(=N/NC(=O)COc1ccccc1Cl)c1ccc(Br)s1. The van der Waals surface area contributed by atoms with Gasteiger partial charge in [-0.2, -0.15) is 5.10 Å². The van der Waals surface area contributed by atoms with Crippen LogP contribution in [0.2, 0.25) is 5.02 Å². The summed E-state index contributed by atoms with van der Waals surface area (Å²) in [6, 6.07) is 10.8. The van der Waals surface area contributed by atoms with Gasteiger partial charge in [0.25, 0.3) is 5.91 Å². The first-order valence-electron chi connectivity index (χ1n) is 6.02. The van der Waals surface area contributed by atoms with Crippen molar-refractivity contribution in [1.82, 2.24) is 5.43 Å². The van der Waals surface area contributed by atoms with Crippen molar-refractivity contribution in [2.75, 3.05) is 6.61 Å². The molecule has 0 bridgehead atoms. The molecule has 0 radical (unpaired) electrons. The van der Waals surface area contributed by atoms with Gasteiger partial charge >= 0.3 is 0 Å². The van der Waals surface area contributed by atoms with E-state index in [0.717, 1.165) is 14.4 Å². The summed E-state index contributed by atoms with van der Waals surface area (Å²) in [6.07, 6.45) is 0. The van der Waals surface area contributed by atoms with E-state index in [1.54, 1.807) is 35.6 Å². The lowest BCUT2D eigenvalue weighted by molar-refractivity contribution is -0.123. The number of amides is 1. The third kappa shape index (κ3) is 4.84. The van der Waals surface area contributed by atoms with Gasteiger partial charge in [0.15, 0.2) is 6.61 Å². The molecule has 2 aromatic rings. The van der Waals surface area contributed by atoms with E-state index in [-0.39, 0.29) is 12.5 Å². The molecule has 0 aliphatic heterocycles. The summed E-state index contributed by atoms with van der Waals surface area (Å²) in [5.41, 5.74) is 3.19. The fourth-order valence-electron chi connectivity index (χ4n) is 1.45. The summed E-state index contributed by atoms with van der Waals surface area (Å²) in [5, 5.41) is 4.50. The van der Waals surface area contributed by atoms with Crippen LogP contribution in [0.25, 0.3) is 0 Å². The van der Waals surface area contributed by atoms with Gasteiger partial charge in [0.1, 0.15) is 5.75 Å². The van der Waals surface area contributed by atoms with Gasteiger partial charge < -0.3 is 4.74 Å². The van der Waals surface area contributed by atoms with Crippen LogP contribution in [-0.2, 0) is 4.79 Å². The Balaban J connectivity index is 1.86. The number of thiophene rings is 1. The molecule has 1 N–H and O–H groups in total. The average molecular weight is 388 g/mol. The first-order chi connectivity index (χ1) is 10.1. The standard InChI is InChI=1S/C14H12BrClN2O2S/c1-9(12-6-7-13(15)21-12)17-18-14(19)8-20-11-5-3-2-4-10(11)16/h2-7H,8H2,1H3,(H,18,19)/b17-9-. The monoisotopic (exact) mass is 386 g/mol. The largest absolute Gasteiger partial charge is 0.482 e. The lowest BCUT2D eigenvalue weighted by Crippen LogP contribution is -2.25. The van der Waals surface area contributed by atoms with Gasteiger partial charge in [-0.05, 0) is 47.1 Å². The summed E-state index contributed by atoms with van der Waals surface area (Å²) in [6.45, 7) is 1.68. The van der Waals surface area contributed by atoms with Crippen molar-refractivity contribution >= 4 is 50.5 Å². The predicted octanol–water partition coefficient (Wildman–Crippen LogP) is 4.08. The van der Waals surface area contributed by atoms with Gasteiger partial charge in [-0.1, -0.05) is 23.7 Å². The van der Waals surface area contributed by atoms with Crippen molar-refractivity contribution in [3.63, 3.8) is 0 Å². The minimum atomic E-state index is -0.343. The number of halogens is 2. The van der Waals surface area contributed by atoms with Crippen LogP contribution in [0, 0.1) is 0 Å². The number of rotatable bonds is 5. The highest BCUT2D eigenvalue weighted by Crippen LogP contribution is 2.23. The number of ether oxygens (including phenoxy) is 1. The number of carbonyl (C=O) groups excluding carboxylic acids is 1. The van der Waals surface area contributed by atoms with E-state index in [9.17, 15) is 4.79 Å². The Morgan fingerprint density at radius 2 is 2.14 bits per heavy atom. The number of benzene rings is 1. The fourth-order valence-corrected chi connectivity index (χ4v) is 2.97. The van der Waals surface area contributed by atoms with Gasteiger partial charge in [-0.25, -0.2) is 5.43 Å². The van der Waals surface area contributed by atoms with E-state index in [0.29, 0.717) is 10.8 Å². The van der Waals surface area contributed by atoms with Gasteiger partial charge in [0, 0.05) is 0 Å². The zero-order valence-corrected chi connectivity index (χ0v) is 14.3. The first kappa shape index (κ1) is 16.0. The van der Waals surface area contributed by atoms with E-state index < -0.39 is 0 Å². The van der Waals surface area contributed by atoms with E-state index >= 15 is 0 Å². The Labute approximate surface area is 139 Å². The minimum absolute atomic E-state index is 0.144. The summed E-state index contributed by atoms with van der Waals surface area (Å²) in [7, 11) is 0. The minimum Gasteiger partial charge on any atom is -0.482 e. The highest BCUT2D eigenvalue weighted by molar-refractivity contribution is 9.11. The maximum atomic E-state index is 11.7. The Kier molecular flexibility index (Phi) is 5.78. The van der Waals surface area contributed by atoms with Crippen molar-refractivity contribution in [3.8, 4) is 5.75 Å². The Morgan fingerprint density at radius 1 is 1.38 bits per heavy atom. The van der Waals surface area contributed by atoms with Crippen LogP contribution in [0.4, 0.5) is 0 Å². The highest BCUT2D eigenvalue weighted by Gasteiger charge is 2.06. The maximum absolute atomic E-state index is 11.7. The Hall–Kier alpha value is -1.37. The smallest absolute Gasteiger partial charge is 0.277 e. The lowest BCUT2D eigenvalue weighted by atomic mass is 10.3. The molecule has 0 aliphatic carbocycles. The molecule has 110 valence electrons. The Bertz CT molecular complexity index is 672.